The molecule has 1 aromatic carbocycles. The summed E-state index contributed by atoms with van der Waals surface area (Å²) in [7, 11) is 1.62. The maximum atomic E-state index is 5.39. The smallest absolute Gasteiger partial charge is 0.320 e. The highest BCUT2D eigenvalue weighted by molar-refractivity contribution is 5.53. The molecule has 3 N–H and O–H groups in total. The van der Waals surface area contributed by atoms with Crippen molar-refractivity contribution in [3.05, 3.63) is 30.2 Å². The van der Waals surface area contributed by atoms with Crippen molar-refractivity contribution in [1.29, 1.82) is 0 Å². The van der Waals surface area contributed by atoms with Gasteiger partial charge in [-0.15, -0.1) is 5.10 Å². The number of rotatable bonds is 5. The fourth-order valence-corrected chi connectivity index (χ4v) is 1.33. The van der Waals surface area contributed by atoms with Crippen LogP contribution in [0.25, 0.3) is 0 Å². The van der Waals surface area contributed by atoms with Crippen LogP contribution in [0.2, 0.25) is 0 Å². The Kier molecular flexibility index (Phi) is 3.56. The third-order valence-electron chi connectivity index (χ3n) is 2.17. The number of anilines is 2. The summed E-state index contributed by atoms with van der Waals surface area (Å²) >= 11 is 0. The molecule has 1 heterocycles. The lowest BCUT2D eigenvalue weighted by atomic mass is 10.3. The predicted molar refractivity (Wildman–Crippen MR) is 63.3 cm³/mol. The largest absolute Gasteiger partial charge is 0.497 e. The Morgan fingerprint density at radius 2 is 2.06 bits per heavy atom. The molecule has 0 aliphatic carbocycles. The van der Waals surface area contributed by atoms with Crippen LogP contribution in [0.3, 0.4) is 0 Å². The van der Waals surface area contributed by atoms with E-state index in [9.17, 15) is 0 Å². The van der Waals surface area contributed by atoms with Gasteiger partial charge in [0.25, 0.3) is 0 Å². The molecule has 1 aromatic heterocycles. The van der Waals surface area contributed by atoms with E-state index in [1.807, 2.05) is 24.3 Å². The molecule has 0 spiro atoms. The van der Waals surface area contributed by atoms with Crippen LogP contribution in [-0.2, 0) is 6.42 Å². The molecule has 0 aliphatic rings. The van der Waals surface area contributed by atoms with Gasteiger partial charge < -0.3 is 20.2 Å². The minimum Gasteiger partial charge on any atom is -0.497 e. The fourth-order valence-electron chi connectivity index (χ4n) is 1.33. The van der Waals surface area contributed by atoms with Crippen LogP contribution in [0.1, 0.15) is 5.89 Å². The van der Waals surface area contributed by atoms with Gasteiger partial charge in [0.2, 0.25) is 5.89 Å². The zero-order chi connectivity index (χ0) is 12.1. The first kappa shape index (κ1) is 11.4. The van der Waals surface area contributed by atoms with Crippen molar-refractivity contribution >= 4 is 11.7 Å². The Labute approximate surface area is 98.8 Å². The Balaban J connectivity index is 2.03. The Morgan fingerprint density at radius 3 is 2.71 bits per heavy atom. The standard InChI is InChI=1S/C11H14N4O2/c1-16-9-4-2-8(3-5-9)13-11-15-14-10(17-11)6-7-12/h2-5H,6-7,12H2,1H3,(H,13,15). The van der Waals surface area contributed by atoms with Crippen molar-refractivity contribution in [1.82, 2.24) is 10.2 Å². The molecule has 0 unspecified atom stereocenters. The Morgan fingerprint density at radius 1 is 1.29 bits per heavy atom. The van der Waals surface area contributed by atoms with Crippen LogP contribution in [0.5, 0.6) is 5.75 Å². The number of hydrogen-bond donors (Lipinski definition) is 2. The number of hydrogen-bond acceptors (Lipinski definition) is 6. The van der Waals surface area contributed by atoms with Crippen LogP contribution in [0.4, 0.5) is 11.7 Å². The fraction of sp³-hybridized carbons (Fsp3) is 0.273. The summed E-state index contributed by atoms with van der Waals surface area (Å²) in [4.78, 5) is 0. The molecule has 0 fully saturated rings. The summed E-state index contributed by atoms with van der Waals surface area (Å²) in [6.45, 7) is 0.490. The van der Waals surface area contributed by atoms with Gasteiger partial charge >= 0.3 is 6.01 Å². The maximum absolute atomic E-state index is 5.39. The van der Waals surface area contributed by atoms with E-state index in [0.717, 1.165) is 11.4 Å². The second-order valence-corrected chi connectivity index (χ2v) is 3.39. The van der Waals surface area contributed by atoms with E-state index in [1.165, 1.54) is 0 Å². The van der Waals surface area contributed by atoms with Crippen molar-refractivity contribution in [2.75, 3.05) is 19.0 Å². The van der Waals surface area contributed by atoms with Gasteiger partial charge in [-0.25, -0.2) is 0 Å². The van der Waals surface area contributed by atoms with E-state index < -0.39 is 0 Å². The van der Waals surface area contributed by atoms with Gasteiger partial charge in [-0.05, 0) is 24.3 Å². The van der Waals surface area contributed by atoms with Crippen molar-refractivity contribution in [3.8, 4) is 5.75 Å². The van der Waals surface area contributed by atoms with Gasteiger partial charge in [-0.3, -0.25) is 0 Å². The molecule has 0 saturated carbocycles. The van der Waals surface area contributed by atoms with E-state index in [1.54, 1.807) is 7.11 Å². The summed E-state index contributed by atoms with van der Waals surface area (Å²) in [5.41, 5.74) is 6.25. The number of methoxy groups -OCH3 is 1. The molecular formula is C11H14N4O2. The van der Waals surface area contributed by atoms with Gasteiger partial charge in [-0.1, -0.05) is 5.10 Å². The third kappa shape index (κ3) is 2.94. The van der Waals surface area contributed by atoms with Crippen molar-refractivity contribution < 1.29 is 9.15 Å². The van der Waals surface area contributed by atoms with E-state index in [-0.39, 0.29) is 0 Å². The average molecular weight is 234 g/mol. The molecule has 6 heteroatoms. The zero-order valence-electron chi connectivity index (χ0n) is 9.51. The van der Waals surface area contributed by atoms with E-state index in [2.05, 4.69) is 15.5 Å². The molecule has 6 nitrogen and oxygen atoms in total. The summed E-state index contributed by atoms with van der Waals surface area (Å²) in [5, 5.41) is 10.7. The zero-order valence-corrected chi connectivity index (χ0v) is 9.51. The lowest BCUT2D eigenvalue weighted by Gasteiger charge is -2.02. The van der Waals surface area contributed by atoms with Gasteiger partial charge in [0.05, 0.1) is 7.11 Å². The number of benzene rings is 1. The number of aromatic nitrogens is 2. The highest BCUT2D eigenvalue weighted by Gasteiger charge is 2.05. The second kappa shape index (κ2) is 5.31. The van der Waals surface area contributed by atoms with E-state index in [4.69, 9.17) is 14.9 Å². The van der Waals surface area contributed by atoms with Crippen LogP contribution in [-0.4, -0.2) is 23.9 Å². The first-order valence-electron chi connectivity index (χ1n) is 5.25. The van der Waals surface area contributed by atoms with Crippen LogP contribution in [0.15, 0.2) is 28.7 Å². The predicted octanol–water partition coefficient (Wildman–Crippen LogP) is 1.32. The summed E-state index contributed by atoms with van der Waals surface area (Å²) in [6, 6.07) is 7.79. The molecule has 0 aliphatic heterocycles. The molecule has 17 heavy (non-hydrogen) atoms. The molecule has 2 rings (SSSR count). The lowest BCUT2D eigenvalue weighted by molar-refractivity contribution is 0.415. The Hall–Kier alpha value is -2.08. The molecular weight excluding hydrogens is 220 g/mol. The van der Waals surface area contributed by atoms with Crippen molar-refractivity contribution in [2.45, 2.75) is 6.42 Å². The monoisotopic (exact) mass is 234 g/mol. The summed E-state index contributed by atoms with van der Waals surface area (Å²) < 4.78 is 10.4. The number of nitrogens with two attached hydrogens (primary N) is 1. The summed E-state index contributed by atoms with van der Waals surface area (Å²) in [5.74, 6) is 1.33. The number of ether oxygens (including phenoxy) is 1. The highest BCUT2D eigenvalue weighted by Crippen LogP contribution is 2.18. The molecule has 0 bridgehead atoms. The van der Waals surface area contributed by atoms with Gasteiger partial charge in [0.1, 0.15) is 5.75 Å². The highest BCUT2D eigenvalue weighted by atomic mass is 16.5. The van der Waals surface area contributed by atoms with E-state index >= 15 is 0 Å². The first-order valence-corrected chi connectivity index (χ1v) is 5.25. The molecule has 0 atom stereocenters. The minimum atomic E-state index is 0.360. The van der Waals surface area contributed by atoms with Crippen molar-refractivity contribution in [3.63, 3.8) is 0 Å². The first-order chi connectivity index (χ1) is 8.31. The molecule has 0 amide bonds. The third-order valence-corrected chi connectivity index (χ3v) is 2.17. The SMILES string of the molecule is COc1ccc(Nc2nnc(CCN)o2)cc1. The van der Waals surface area contributed by atoms with Gasteiger partial charge in [0, 0.05) is 18.7 Å². The Bertz CT molecular complexity index is 467. The van der Waals surface area contributed by atoms with Gasteiger partial charge in [0.15, 0.2) is 0 Å². The lowest BCUT2D eigenvalue weighted by Crippen LogP contribution is -2.02. The minimum absolute atomic E-state index is 0.360. The quantitative estimate of drug-likeness (QED) is 0.811. The van der Waals surface area contributed by atoms with Crippen LogP contribution in [0, 0.1) is 0 Å². The molecule has 90 valence electrons. The topological polar surface area (TPSA) is 86.2 Å². The van der Waals surface area contributed by atoms with Gasteiger partial charge in [-0.2, -0.15) is 0 Å². The average Bonchev–Trinajstić information content (AvgIpc) is 2.78. The summed E-state index contributed by atoms with van der Waals surface area (Å²) in [6.07, 6.45) is 0.581. The normalized spacial score (nSPS) is 10.2. The van der Waals surface area contributed by atoms with Crippen molar-refractivity contribution in [2.24, 2.45) is 5.73 Å². The molecule has 0 radical (unpaired) electrons. The molecule has 2 aromatic rings. The van der Waals surface area contributed by atoms with Crippen LogP contribution < -0.4 is 15.8 Å². The number of nitrogens with one attached hydrogen (secondary N) is 1. The molecule has 0 saturated heterocycles. The number of nitrogens with zero attached hydrogens (tertiary/aromatic N) is 2. The van der Waals surface area contributed by atoms with Crippen LogP contribution >= 0.6 is 0 Å². The van der Waals surface area contributed by atoms with E-state index in [0.29, 0.717) is 24.9 Å². The maximum Gasteiger partial charge on any atom is 0.320 e. The second-order valence-electron chi connectivity index (χ2n) is 3.39.